The van der Waals surface area contributed by atoms with E-state index in [0.717, 1.165) is 19.4 Å². The molecule has 0 spiro atoms. The van der Waals surface area contributed by atoms with E-state index in [4.69, 9.17) is 4.74 Å². The highest BCUT2D eigenvalue weighted by atomic mass is 16.5. The summed E-state index contributed by atoms with van der Waals surface area (Å²) in [6.45, 7) is 1.04. The summed E-state index contributed by atoms with van der Waals surface area (Å²) in [5, 5.41) is 3.08. The van der Waals surface area contributed by atoms with E-state index in [-0.39, 0.29) is 11.9 Å². The number of benzene rings is 1. The number of pyridine rings is 1. The molecule has 130 valence electrons. The SMILES string of the molecule is O=C(Nc1ccccc1Oc1cccnc1)[C@@H]1CCCN1C1CCC1. The van der Waals surface area contributed by atoms with Crippen molar-refractivity contribution in [2.24, 2.45) is 0 Å². The molecule has 1 saturated carbocycles. The molecular formula is C20H23N3O2. The lowest BCUT2D eigenvalue weighted by atomic mass is 9.91. The number of hydrogen-bond acceptors (Lipinski definition) is 4. The largest absolute Gasteiger partial charge is 0.454 e. The number of rotatable bonds is 5. The predicted molar refractivity (Wildman–Crippen MR) is 96.7 cm³/mol. The van der Waals surface area contributed by atoms with E-state index in [1.165, 1.54) is 19.3 Å². The lowest BCUT2D eigenvalue weighted by Gasteiger charge is -2.38. The van der Waals surface area contributed by atoms with Gasteiger partial charge >= 0.3 is 0 Å². The van der Waals surface area contributed by atoms with Gasteiger partial charge in [-0.15, -0.1) is 0 Å². The summed E-state index contributed by atoms with van der Waals surface area (Å²) >= 11 is 0. The molecular weight excluding hydrogens is 314 g/mol. The van der Waals surface area contributed by atoms with Crippen molar-refractivity contribution < 1.29 is 9.53 Å². The number of aromatic nitrogens is 1. The van der Waals surface area contributed by atoms with E-state index >= 15 is 0 Å². The monoisotopic (exact) mass is 337 g/mol. The van der Waals surface area contributed by atoms with Crippen LogP contribution in [-0.2, 0) is 4.79 Å². The molecule has 1 aromatic carbocycles. The van der Waals surface area contributed by atoms with Gasteiger partial charge in [0.1, 0.15) is 5.75 Å². The topological polar surface area (TPSA) is 54.5 Å². The molecule has 1 aliphatic carbocycles. The predicted octanol–water partition coefficient (Wildman–Crippen LogP) is 3.83. The van der Waals surface area contributed by atoms with Crippen LogP contribution in [0.3, 0.4) is 0 Å². The van der Waals surface area contributed by atoms with E-state index in [1.807, 2.05) is 36.4 Å². The summed E-state index contributed by atoms with van der Waals surface area (Å²) in [6, 6.07) is 11.8. The molecule has 4 rings (SSSR count). The van der Waals surface area contributed by atoms with Crippen molar-refractivity contribution in [3.8, 4) is 11.5 Å². The Bertz CT molecular complexity index is 731. The molecule has 1 aliphatic heterocycles. The molecule has 0 unspecified atom stereocenters. The maximum Gasteiger partial charge on any atom is 0.241 e. The van der Waals surface area contributed by atoms with Crippen molar-refractivity contribution in [3.63, 3.8) is 0 Å². The highest BCUT2D eigenvalue weighted by Crippen LogP contribution is 2.33. The van der Waals surface area contributed by atoms with E-state index < -0.39 is 0 Å². The van der Waals surface area contributed by atoms with Crippen molar-refractivity contribution in [2.75, 3.05) is 11.9 Å². The van der Waals surface area contributed by atoms with Crippen LogP contribution < -0.4 is 10.1 Å². The van der Waals surface area contributed by atoms with Gasteiger partial charge in [0.25, 0.3) is 0 Å². The van der Waals surface area contributed by atoms with Gasteiger partial charge in [0.05, 0.1) is 17.9 Å². The summed E-state index contributed by atoms with van der Waals surface area (Å²) in [5.41, 5.74) is 0.705. The summed E-state index contributed by atoms with van der Waals surface area (Å²) in [5.74, 6) is 1.37. The number of anilines is 1. The molecule has 1 aromatic heterocycles. The molecule has 25 heavy (non-hydrogen) atoms. The van der Waals surface area contributed by atoms with Gasteiger partial charge in [0, 0.05) is 12.2 Å². The fourth-order valence-corrected chi connectivity index (χ4v) is 3.64. The van der Waals surface area contributed by atoms with E-state index in [1.54, 1.807) is 12.4 Å². The first kappa shape index (κ1) is 16.1. The maximum absolute atomic E-state index is 12.9. The summed E-state index contributed by atoms with van der Waals surface area (Å²) < 4.78 is 5.89. The van der Waals surface area contributed by atoms with Gasteiger partial charge < -0.3 is 10.1 Å². The quantitative estimate of drug-likeness (QED) is 0.901. The molecule has 5 nitrogen and oxygen atoms in total. The average molecular weight is 337 g/mol. The first-order chi connectivity index (χ1) is 12.3. The van der Waals surface area contributed by atoms with Crippen LogP contribution >= 0.6 is 0 Å². The number of amides is 1. The van der Waals surface area contributed by atoms with Gasteiger partial charge in [-0.2, -0.15) is 0 Å². The van der Waals surface area contributed by atoms with Crippen LogP contribution in [0.2, 0.25) is 0 Å². The number of carbonyl (C=O) groups excluding carboxylic acids is 1. The lowest BCUT2D eigenvalue weighted by molar-refractivity contribution is -0.121. The zero-order valence-electron chi connectivity index (χ0n) is 14.2. The first-order valence-electron chi connectivity index (χ1n) is 9.05. The lowest BCUT2D eigenvalue weighted by Crippen LogP contribution is -2.48. The second-order valence-corrected chi connectivity index (χ2v) is 6.76. The number of carbonyl (C=O) groups is 1. The van der Waals surface area contributed by atoms with Gasteiger partial charge in [-0.1, -0.05) is 18.6 Å². The minimum absolute atomic E-state index is 0.0169. The second-order valence-electron chi connectivity index (χ2n) is 6.76. The molecule has 1 amide bonds. The molecule has 5 heteroatoms. The molecule has 0 bridgehead atoms. The third-order valence-electron chi connectivity index (χ3n) is 5.15. The van der Waals surface area contributed by atoms with Crippen molar-refractivity contribution in [1.29, 1.82) is 0 Å². The molecule has 2 heterocycles. The van der Waals surface area contributed by atoms with E-state index in [9.17, 15) is 4.79 Å². The molecule has 1 atom stereocenters. The average Bonchev–Trinajstić information content (AvgIpc) is 3.05. The highest BCUT2D eigenvalue weighted by Gasteiger charge is 2.37. The number of likely N-dealkylation sites (tertiary alicyclic amines) is 1. The van der Waals surface area contributed by atoms with Gasteiger partial charge in [0.15, 0.2) is 5.75 Å². The normalized spacial score (nSPS) is 20.9. The van der Waals surface area contributed by atoms with E-state index in [2.05, 4.69) is 15.2 Å². The van der Waals surface area contributed by atoms with Crippen LogP contribution in [0.1, 0.15) is 32.1 Å². The number of nitrogens with zero attached hydrogens (tertiary/aromatic N) is 2. The number of ether oxygens (including phenoxy) is 1. The molecule has 2 fully saturated rings. The molecule has 2 aliphatic rings. The van der Waals surface area contributed by atoms with E-state index in [0.29, 0.717) is 23.2 Å². The summed E-state index contributed by atoms with van der Waals surface area (Å²) in [4.78, 5) is 19.3. The van der Waals surface area contributed by atoms with Gasteiger partial charge in [-0.25, -0.2) is 0 Å². The van der Waals surface area contributed by atoms with Gasteiger partial charge in [-0.05, 0) is 56.5 Å². The number of hydrogen-bond donors (Lipinski definition) is 1. The Morgan fingerprint density at radius 3 is 2.76 bits per heavy atom. The highest BCUT2D eigenvalue weighted by molar-refractivity contribution is 5.96. The zero-order valence-corrected chi connectivity index (χ0v) is 14.2. The Kier molecular flexibility index (Phi) is 4.65. The molecule has 1 saturated heterocycles. The smallest absolute Gasteiger partial charge is 0.241 e. The fraction of sp³-hybridized carbons (Fsp3) is 0.400. The van der Waals surface area contributed by atoms with Crippen LogP contribution in [0, 0.1) is 0 Å². The third kappa shape index (κ3) is 3.51. The zero-order chi connectivity index (χ0) is 17.1. The maximum atomic E-state index is 12.9. The number of para-hydroxylation sites is 2. The van der Waals surface area contributed by atoms with Crippen LogP contribution in [0.4, 0.5) is 5.69 Å². The van der Waals surface area contributed by atoms with Crippen LogP contribution in [0.5, 0.6) is 11.5 Å². The van der Waals surface area contributed by atoms with Crippen molar-refractivity contribution in [3.05, 3.63) is 48.8 Å². The fourth-order valence-electron chi connectivity index (χ4n) is 3.64. The Balaban J connectivity index is 1.47. The molecule has 2 aromatic rings. The minimum atomic E-state index is -0.0169. The van der Waals surface area contributed by atoms with Gasteiger partial charge in [0.2, 0.25) is 5.91 Å². The summed E-state index contributed by atoms with van der Waals surface area (Å²) in [6.07, 6.45) is 9.15. The first-order valence-corrected chi connectivity index (χ1v) is 9.05. The van der Waals surface area contributed by atoms with Crippen LogP contribution in [0.25, 0.3) is 0 Å². The second kappa shape index (κ2) is 7.23. The Labute approximate surface area is 148 Å². The third-order valence-corrected chi connectivity index (χ3v) is 5.15. The van der Waals surface area contributed by atoms with Crippen LogP contribution in [0.15, 0.2) is 48.8 Å². The van der Waals surface area contributed by atoms with Crippen molar-refractivity contribution >= 4 is 11.6 Å². The molecule has 1 N–H and O–H groups in total. The Hall–Kier alpha value is -2.40. The Morgan fingerprint density at radius 1 is 1.12 bits per heavy atom. The standard InChI is InChI=1S/C20H23N3O2/c24-20(18-10-5-13-23(18)15-6-3-7-15)22-17-9-1-2-11-19(17)25-16-8-4-12-21-14-16/h1-2,4,8-9,11-12,14-15,18H,3,5-7,10,13H2,(H,22,24)/t18-/m0/s1. The molecule has 0 radical (unpaired) electrons. The van der Waals surface area contributed by atoms with Crippen molar-refractivity contribution in [1.82, 2.24) is 9.88 Å². The van der Waals surface area contributed by atoms with Gasteiger partial charge in [-0.3, -0.25) is 14.7 Å². The minimum Gasteiger partial charge on any atom is -0.454 e. The number of nitrogens with one attached hydrogen (secondary N) is 1. The summed E-state index contributed by atoms with van der Waals surface area (Å²) in [7, 11) is 0. The Morgan fingerprint density at radius 2 is 2.00 bits per heavy atom. The van der Waals surface area contributed by atoms with Crippen molar-refractivity contribution in [2.45, 2.75) is 44.2 Å². The van der Waals surface area contributed by atoms with Crippen LogP contribution in [-0.4, -0.2) is 34.4 Å².